The summed E-state index contributed by atoms with van der Waals surface area (Å²) in [5.74, 6) is 0.460. The third-order valence-corrected chi connectivity index (χ3v) is 5.93. The highest BCUT2D eigenvalue weighted by molar-refractivity contribution is 7.89. The highest BCUT2D eigenvalue weighted by atomic mass is 32.2. The Balaban J connectivity index is 2.10. The van der Waals surface area contributed by atoms with Crippen LogP contribution in [0, 0.1) is 5.92 Å². The van der Waals surface area contributed by atoms with Gasteiger partial charge in [-0.1, -0.05) is 19.1 Å². The standard InChI is InChI=1S/C14H26N4O3S/c1-11(2)5-8-22(20,21)17-7-6-14(19,10-17)13-9-18(12(3)4)16-15-13/h9,11-12,19H,5-8,10H2,1-4H3/t14-/m0/s1. The number of nitrogens with zero attached hydrogens (tertiary/aromatic N) is 4. The molecule has 0 saturated carbocycles. The lowest BCUT2D eigenvalue weighted by molar-refractivity contribution is 0.0484. The van der Waals surface area contributed by atoms with Crippen molar-refractivity contribution in [3.63, 3.8) is 0 Å². The molecule has 0 unspecified atom stereocenters. The van der Waals surface area contributed by atoms with Crippen molar-refractivity contribution in [1.82, 2.24) is 19.3 Å². The van der Waals surface area contributed by atoms with Crippen LogP contribution in [0.4, 0.5) is 0 Å². The first-order valence-electron chi connectivity index (χ1n) is 7.76. The average Bonchev–Trinajstić information content (AvgIpc) is 3.04. The maximum Gasteiger partial charge on any atom is 0.214 e. The zero-order valence-corrected chi connectivity index (χ0v) is 14.5. The lowest BCUT2D eigenvalue weighted by atomic mass is 10.00. The molecule has 1 N–H and O–H groups in total. The number of rotatable bonds is 6. The van der Waals surface area contributed by atoms with Crippen LogP contribution >= 0.6 is 0 Å². The summed E-state index contributed by atoms with van der Waals surface area (Å²) in [7, 11) is -3.33. The van der Waals surface area contributed by atoms with Gasteiger partial charge in [0.1, 0.15) is 11.3 Å². The van der Waals surface area contributed by atoms with Crippen molar-refractivity contribution in [2.24, 2.45) is 5.92 Å². The van der Waals surface area contributed by atoms with Gasteiger partial charge in [-0.3, -0.25) is 0 Å². The van der Waals surface area contributed by atoms with Crippen LogP contribution in [0.2, 0.25) is 0 Å². The Kier molecular flexibility index (Phi) is 4.93. The van der Waals surface area contributed by atoms with E-state index in [0.717, 1.165) is 0 Å². The zero-order chi connectivity index (χ0) is 16.5. The van der Waals surface area contributed by atoms with E-state index in [2.05, 4.69) is 10.3 Å². The molecule has 0 spiro atoms. The zero-order valence-electron chi connectivity index (χ0n) is 13.7. The van der Waals surface area contributed by atoms with Crippen LogP contribution in [-0.4, -0.2) is 51.7 Å². The largest absolute Gasteiger partial charge is 0.382 e. The molecule has 0 aromatic carbocycles. The monoisotopic (exact) mass is 330 g/mol. The number of hydrogen-bond acceptors (Lipinski definition) is 5. The summed E-state index contributed by atoms with van der Waals surface area (Å²) in [5, 5.41) is 18.8. The van der Waals surface area contributed by atoms with Gasteiger partial charge in [0.25, 0.3) is 0 Å². The van der Waals surface area contributed by atoms with Gasteiger partial charge in [0.2, 0.25) is 10.0 Å². The quantitative estimate of drug-likeness (QED) is 0.844. The van der Waals surface area contributed by atoms with Crippen molar-refractivity contribution in [3.05, 3.63) is 11.9 Å². The summed E-state index contributed by atoms with van der Waals surface area (Å²) in [4.78, 5) is 0. The first-order valence-corrected chi connectivity index (χ1v) is 9.37. The summed E-state index contributed by atoms with van der Waals surface area (Å²) >= 11 is 0. The van der Waals surface area contributed by atoms with E-state index in [1.807, 2.05) is 27.7 Å². The van der Waals surface area contributed by atoms with Gasteiger partial charge in [0.05, 0.1) is 11.9 Å². The Morgan fingerprint density at radius 1 is 1.36 bits per heavy atom. The molecule has 1 fully saturated rings. The first kappa shape index (κ1) is 17.4. The van der Waals surface area contributed by atoms with Gasteiger partial charge in [0.15, 0.2) is 0 Å². The Morgan fingerprint density at radius 2 is 2.05 bits per heavy atom. The first-order chi connectivity index (χ1) is 10.1. The molecule has 0 radical (unpaired) electrons. The van der Waals surface area contributed by atoms with E-state index in [4.69, 9.17) is 0 Å². The van der Waals surface area contributed by atoms with Crippen LogP contribution < -0.4 is 0 Å². The molecule has 1 atom stereocenters. The predicted octanol–water partition coefficient (Wildman–Crippen LogP) is 1.13. The van der Waals surface area contributed by atoms with Gasteiger partial charge < -0.3 is 5.11 Å². The second-order valence-electron chi connectivity index (χ2n) is 6.79. The lowest BCUT2D eigenvalue weighted by Crippen LogP contribution is -2.36. The molecule has 7 nitrogen and oxygen atoms in total. The average molecular weight is 330 g/mol. The normalized spacial score (nSPS) is 23.8. The minimum atomic E-state index is -3.33. The molecule has 1 aliphatic heterocycles. The molecule has 0 aliphatic carbocycles. The van der Waals surface area contributed by atoms with Crippen molar-refractivity contribution in [2.45, 2.75) is 52.2 Å². The van der Waals surface area contributed by atoms with E-state index >= 15 is 0 Å². The van der Waals surface area contributed by atoms with Crippen molar-refractivity contribution in [3.8, 4) is 0 Å². The fourth-order valence-corrected chi connectivity index (χ4v) is 4.27. The summed E-state index contributed by atoms with van der Waals surface area (Å²) < 4.78 is 27.7. The summed E-state index contributed by atoms with van der Waals surface area (Å²) in [5.41, 5.74) is -0.791. The molecule has 1 saturated heterocycles. The van der Waals surface area contributed by atoms with E-state index < -0.39 is 15.6 Å². The molecule has 0 bridgehead atoms. The molecule has 2 rings (SSSR count). The van der Waals surface area contributed by atoms with Crippen molar-refractivity contribution in [1.29, 1.82) is 0 Å². The second-order valence-corrected chi connectivity index (χ2v) is 8.88. The molecule has 2 heterocycles. The minimum absolute atomic E-state index is 0.0597. The number of β-amino-alcohol motifs (C(OH)–C–C–N with tert-alkyl or cyclic N) is 1. The number of aromatic nitrogens is 3. The molecule has 1 aromatic heterocycles. The van der Waals surface area contributed by atoms with Crippen molar-refractivity contribution < 1.29 is 13.5 Å². The van der Waals surface area contributed by atoms with E-state index in [0.29, 0.717) is 31.0 Å². The van der Waals surface area contributed by atoms with Gasteiger partial charge in [-0.25, -0.2) is 13.1 Å². The summed E-state index contributed by atoms with van der Waals surface area (Å²) in [6.07, 6.45) is 2.68. The maximum absolute atomic E-state index is 12.3. The highest BCUT2D eigenvalue weighted by Gasteiger charge is 2.44. The molecule has 0 amide bonds. The van der Waals surface area contributed by atoms with Gasteiger partial charge in [0, 0.05) is 19.1 Å². The third-order valence-electron chi connectivity index (χ3n) is 4.08. The van der Waals surface area contributed by atoms with Gasteiger partial charge >= 0.3 is 0 Å². The second kappa shape index (κ2) is 6.25. The molecule has 22 heavy (non-hydrogen) atoms. The Labute approximate surface area is 132 Å². The SMILES string of the molecule is CC(C)CCS(=O)(=O)N1CC[C@@](O)(c2cn(C(C)C)nn2)C1. The Bertz CT molecular complexity index is 611. The number of aliphatic hydroxyl groups is 1. The molecular weight excluding hydrogens is 304 g/mol. The Hall–Kier alpha value is -0.990. The minimum Gasteiger partial charge on any atom is -0.382 e. The van der Waals surface area contributed by atoms with E-state index in [9.17, 15) is 13.5 Å². The summed E-state index contributed by atoms with van der Waals surface area (Å²) in [6, 6.07) is 0.150. The molecule has 1 aromatic rings. The Morgan fingerprint density at radius 3 is 2.59 bits per heavy atom. The number of sulfonamides is 1. The van der Waals surface area contributed by atoms with Crippen LogP contribution in [0.1, 0.15) is 52.3 Å². The van der Waals surface area contributed by atoms with Gasteiger partial charge in [-0.2, -0.15) is 4.31 Å². The van der Waals surface area contributed by atoms with Crippen LogP contribution in [0.25, 0.3) is 0 Å². The third kappa shape index (κ3) is 3.67. The van der Waals surface area contributed by atoms with Crippen LogP contribution in [0.5, 0.6) is 0 Å². The van der Waals surface area contributed by atoms with E-state index in [1.54, 1.807) is 10.9 Å². The topological polar surface area (TPSA) is 88.3 Å². The molecule has 126 valence electrons. The maximum atomic E-state index is 12.3. The van der Waals surface area contributed by atoms with Crippen LogP contribution in [0.15, 0.2) is 6.20 Å². The predicted molar refractivity (Wildman–Crippen MR) is 83.7 cm³/mol. The van der Waals surface area contributed by atoms with E-state index in [-0.39, 0.29) is 18.3 Å². The van der Waals surface area contributed by atoms with Gasteiger partial charge in [-0.05, 0) is 32.6 Å². The van der Waals surface area contributed by atoms with Gasteiger partial charge in [-0.15, -0.1) is 5.10 Å². The smallest absolute Gasteiger partial charge is 0.214 e. The molecule has 1 aliphatic rings. The van der Waals surface area contributed by atoms with Crippen molar-refractivity contribution >= 4 is 10.0 Å². The van der Waals surface area contributed by atoms with E-state index in [1.165, 1.54) is 4.31 Å². The van der Waals surface area contributed by atoms with Crippen LogP contribution in [-0.2, 0) is 15.6 Å². The molecular formula is C14H26N4O3S. The highest BCUT2D eigenvalue weighted by Crippen LogP contribution is 2.32. The lowest BCUT2D eigenvalue weighted by Gasteiger charge is -2.21. The number of hydrogen-bond donors (Lipinski definition) is 1. The fraction of sp³-hybridized carbons (Fsp3) is 0.857. The summed E-state index contributed by atoms with van der Waals surface area (Å²) in [6.45, 7) is 8.33. The fourth-order valence-electron chi connectivity index (χ4n) is 2.46. The molecule has 8 heteroatoms. The van der Waals surface area contributed by atoms with Crippen molar-refractivity contribution in [2.75, 3.05) is 18.8 Å². The van der Waals surface area contributed by atoms with Crippen LogP contribution in [0.3, 0.4) is 0 Å².